The first-order valence-corrected chi connectivity index (χ1v) is 5.17. The number of nitrogens with zero attached hydrogens (tertiary/aromatic N) is 1. The van der Waals surface area contributed by atoms with E-state index in [0.29, 0.717) is 18.6 Å². The number of aldehydes is 1. The molecule has 0 aromatic carbocycles. The third-order valence-electron chi connectivity index (χ3n) is 2.43. The normalized spacial score (nSPS) is 12.1. The van der Waals surface area contributed by atoms with E-state index in [-0.39, 0.29) is 5.76 Å². The van der Waals surface area contributed by atoms with E-state index >= 15 is 0 Å². The molecule has 0 aliphatic heterocycles. The van der Waals surface area contributed by atoms with Gasteiger partial charge in [0.25, 0.3) is 0 Å². The van der Waals surface area contributed by atoms with E-state index in [1.165, 1.54) is 0 Å². The summed E-state index contributed by atoms with van der Waals surface area (Å²) < 4.78 is 5.22. The Balaban J connectivity index is 2.84. The maximum atomic E-state index is 11.2. The van der Waals surface area contributed by atoms with E-state index in [9.17, 15) is 9.59 Å². The van der Waals surface area contributed by atoms with Crippen LogP contribution in [0.1, 0.15) is 30.3 Å². The highest BCUT2D eigenvalue weighted by Crippen LogP contribution is 2.20. The van der Waals surface area contributed by atoms with E-state index in [1.54, 1.807) is 24.1 Å². The number of nitrogens with two attached hydrogens (primary N) is 1. The summed E-state index contributed by atoms with van der Waals surface area (Å²) in [5, 5.41) is 0. The molecule has 0 saturated heterocycles. The van der Waals surface area contributed by atoms with Gasteiger partial charge in [0.2, 0.25) is 5.91 Å². The largest absolute Gasteiger partial charge is 0.438 e. The predicted molar refractivity (Wildman–Crippen MR) is 60.4 cm³/mol. The number of carbonyl (C=O) groups is 2. The van der Waals surface area contributed by atoms with Gasteiger partial charge >= 0.3 is 0 Å². The highest BCUT2D eigenvalue weighted by Gasteiger charge is 2.22. The zero-order chi connectivity index (χ0) is 12.1. The second kappa shape index (κ2) is 5.34. The molecular formula is C11H16N2O3. The molecule has 1 aromatic rings. The summed E-state index contributed by atoms with van der Waals surface area (Å²) in [6.07, 6.45) is 2.12. The smallest absolute Gasteiger partial charge is 0.240 e. The van der Waals surface area contributed by atoms with Crippen LogP contribution in [0.5, 0.6) is 0 Å². The van der Waals surface area contributed by atoms with Crippen LogP contribution in [0.25, 0.3) is 0 Å². The van der Waals surface area contributed by atoms with Crippen LogP contribution in [-0.4, -0.2) is 25.3 Å². The predicted octanol–water partition coefficient (Wildman–Crippen LogP) is 1.18. The average molecular weight is 224 g/mol. The molecule has 0 saturated carbocycles. The number of amides is 1. The Morgan fingerprint density at radius 2 is 2.31 bits per heavy atom. The number of hydrogen-bond donors (Lipinski definition) is 1. The lowest BCUT2D eigenvalue weighted by atomic mass is 10.1. The minimum atomic E-state index is -0.407. The Morgan fingerprint density at radius 3 is 2.75 bits per heavy atom. The molecule has 0 radical (unpaired) electrons. The maximum absolute atomic E-state index is 11.2. The molecule has 0 spiro atoms. The van der Waals surface area contributed by atoms with Crippen LogP contribution >= 0.6 is 0 Å². The number of carbonyl (C=O) groups excluding carboxylic acids is 2. The van der Waals surface area contributed by atoms with Gasteiger partial charge in [-0.2, -0.15) is 0 Å². The van der Waals surface area contributed by atoms with Crippen molar-refractivity contribution in [3.63, 3.8) is 0 Å². The molecule has 0 fully saturated rings. The first-order chi connectivity index (χ1) is 7.60. The fourth-order valence-corrected chi connectivity index (χ4v) is 1.55. The van der Waals surface area contributed by atoms with Crippen molar-refractivity contribution in [3.8, 4) is 0 Å². The summed E-state index contributed by atoms with van der Waals surface area (Å²) >= 11 is 0. The summed E-state index contributed by atoms with van der Waals surface area (Å²) in [7, 11) is 1.72. The van der Waals surface area contributed by atoms with Crippen LogP contribution in [0, 0.1) is 0 Å². The quantitative estimate of drug-likeness (QED) is 0.736. The van der Waals surface area contributed by atoms with Crippen molar-refractivity contribution < 1.29 is 14.0 Å². The van der Waals surface area contributed by atoms with Gasteiger partial charge in [0.15, 0.2) is 17.9 Å². The van der Waals surface area contributed by atoms with Gasteiger partial charge in [0.1, 0.15) is 6.04 Å². The van der Waals surface area contributed by atoms with Gasteiger partial charge < -0.3 is 15.1 Å². The van der Waals surface area contributed by atoms with Crippen LogP contribution in [0.3, 0.4) is 0 Å². The fraction of sp³-hybridized carbons (Fsp3) is 0.455. The van der Waals surface area contributed by atoms with E-state index in [0.717, 1.165) is 6.42 Å². The number of primary amides is 1. The standard InChI is InChI=1S/C11H16N2O3/c1-3-4-9(11(12)15)13(2)10-6-5-8(7-14)16-10/h5-7,9H,3-4H2,1-2H3,(H2,12,15). The van der Waals surface area contributed by atoms with Gasteiger partial charge in [-0.3, -0.25) is 9.59 Å². The van der Waals surface area contributed by atoms with Crippen molar-refractivity contribution in [1.29, 1.82) is 0 Å². The molecule has 16 heavy (non-hydrogen) atoms. The van der Waals surface area contributed by atoms with Crippen molar-refractivity contribution in [2.24, 2.45) is 5.73 Å². The molecule has 5 nitrogen and oxygen atoms in total. The highest BCUT2D eigenvalue weighted by molar-refractivity contribution is 5.83. The monoisotopic (exact) mass is 224 g/mol. The highest BCUT2D eigenvalue weighted by atomic mass is 16.4. The molecule has 1 rings (SSSR count). The summed E-state index contributed by atoms with van der Waals surface area (Å²) in [4.78, 5) is 23.4. The van der Waals surface area contributed by atoms with Gasteiger partial charge in [0, 0.05) is 13.1 Å². The van der Waals surface area contributed by atoms with Crippen molar-refractivity contribution in [2.45, 2.75) is 25.8 Å². The third-order valence-corrected chi connectivity index (χ3v) is 2.43. The fourth-order valence-electron chi connectivity index (χ4n) is 1.55. The van der Waals surface area contributed by atoms with Crippen molar-refractivity contribution in [1.82, 2.24) is 0 Å². The van der Waals surface area contributed by atoms with Gasteiger partial charge in [0.05, 0.1) is 0 Å². The summed E-state index contributed by atoms with van der Waals surface area (Å²) in [6, 6.07) is 2.80. The van der Waals surface area contributed by atoms with Crippen LogP contribution < -0.4 is 10.6 Å². The van der Waals surface area contributed by atoms with Crippen LogP contribution in [0.15, 0.2) is 16.5 Å². The molecule has 1 heterocycles. The lowest BCUT2D eigenvalue weighted by Gasteiger charge is -2.24. The first-order valence-electron chi connectivity index (χ1n) is 5.17. The zero-order valence-corrected chi connectivity index (χ0v) is 9.47. The summed E-state index contributed by atoms with van der Waals surface area (Å²) in [6.45, 7) is 1.97. The molecule has 1 amide bonds. The average Bonchev–Trinajstić information content (AvgIpc) is 2.73. The zero-order valence-electron chi connectivity index (χ0n) is 9.47. The molecule has 1 atom stereocenters. The second-order valence-electron chi connectivity index (χ2n) is 3.61. The number of rotatable bonds is 6. The molecule has 1 aromatic heterocycles. The third kappa shape index (κ3) is 2.62. The topological polar surface area (TPSA) is 76.5 Å². The molecule has 0 aliphatic rings. The summed E-state index contributed by atoms with van der Waals surface area (Å²) in [5.74, 6) is 0.314. The van der Waals surface area contributed by atoms with E-state index in [1.807, 2.05) is 6.92 Å². The Morgan fingerprint density at radius 1 is 1.62 bits per heavy atom. The Labute approximate surface area is 94.2 Å². The van der Waals surface area contributed by atoms with E-state index in [4.69, 9.17) is 10.2 Å². The van der Waals surface area contributed by atoms with Crippen molar-refractivity contribution >= 4 is 18.1 Å². The lowest BCUT2D eigenvalue weighted by Crippen LogP contribution is -2.42. The minimum absolute atomic E-state index is 0.238. The second-order valence-corrected chi connectivity index (χ2v) is 3.61. The Hall–Kier alpha value is -1.78. The van der Waals surface area contributed by atoms with E-state index in [2.05, 4.69) is 0 Å². The summed E-state index contributed by atoms with van der Waals surface area (Å²) in [5.41, 5.74) is 5.31. The van der Waals surface area contributed by atoms with Gasteiger partial charge in [-0.15, -0.1) is 0 Å². The number of furan rings is 1. The van der Waals surface area contributed by atoms with Crippen LogP contribution in [-0.2, 0) is 4.79 Å². The van der Waals surface area contributed by atoms with Crippen LogP contribution in [0.4, 0.5) is 5.88 Å². The van der Waals surface area contributed by atoms with Crippen molar-refractivity contribution in [2.75, 3.05) is 11.9 Å². The Bertz CT molecular complexity index is 373. The molecular weight excluding hydrogens is 208 g/mol. The van der Waals surface area contributed by atoms with Crippen molar-refractivity contribution in [3.05, 3.63) is 17.9 Å². The van der Waals surface area contributed by atoms with Gasteiger partial charge in [-0.25, -0.2) is 0 Å². The molecule has 1 unspecified atom stereocenters. The lowest BCUT2D eigenvalue weighted by molar-refractivity contribution is -0.119. The minimum Gasteiger partial charge on any atom is -0.438 e. The first kappa shape index (κ1) is 12.3. The number of likely N-dealkylation sites (N-methyl/N-ethyl adjacent to an activating group) is 1. The molecule has 0 aliphatic carbocycles. The molecule has 0 bridgehead atoms. The number of anilines is 1. The van der Waals surface area contributed by atoms with E-state index < -0.39 is 11.9 Å². The SMILES string of the molecule is CCCC(C(N)=O)N(C)c1ccc(C=O)o1. The molecule has 2 N–H and O–H groups in total. The number of hydrogen-bond acceptors (Lipinski definition) is 4. The molecule has 5 heteroatoms. The van der Waals surface area contributed by atoms with Gasteiger partial charge in [-0.05, 0) is 12.5 Å². The van der Waals surface area contributed by atoms with Gasteiger partial charge in [-0.1, -0.05) is 13.3 Å². The maximum Gasteiger partial charge on any atom is 0.240 e. The molecule has 88 valence electrons. The Kier molecular flexibility index (Phi) is 4.10. The van der Waals surface area contributed by atoms with Crippen LogP contribution in [0.2, 0.25) is 0 Å².